The fourth-order valence-corrected chi connectivity index (χ4v) is 2.70. The summed E-state index contributed by atoms with van der Waals surface area (Å²) in [6, 6.07) is 9.08. The maximum Gasteiger partial charge on any atom is 0.251 e. The summed E-state index contributed by atoms with van der Waals surface area (Å²) in [5.74, 6) is -0.0375. The molecule has 0 bridgehead atoms. The van der Waals surface area contributed by atoms with E-state index >= 15 is 0 Å². The van der Waals surface area contributed by atoms with Crippen LogP contribution in [-0.4, -0.2) is 11.9 Å². The molecule has 1 saturated carbocycles. The molecule has 3 nitrogen and oxygen atoms in total. The van der Waals surface area contributed by atoms with Crippen LogP contribution < -0.4 is 5.32 Å². The minimum atomic E-state index is -0.0375. The van der Waals surface area contributed by atoms with Gasteiger partial charge in [0, 0.05) is 11.6 Å². The third-order valence-electron chi connectivity index (χ3n) is 4.09. The normalized spacial score (nSPS) is 21.4. The first-order valence-corrected chi connectivity index (χ1v) is 6.84. The summed E-state index contributed by atoms with van der Waals surface area (Å²) in [5.41, 5.74) is 1.37. The van der Waals surface area contributed by atoms with E-state index in [1.165, 1.54) is 12.8 Å². The van der Waals surface area contributed by atoms with E-state index in [2.05, 4.69) is 25.2 Å². The van der Waals surface area contributed by atoms with Gasteiger partial charge in [-0.15, -0.1) is 0 Å². The molecule has 0 saturated heterocycles. The molecule has 0 aromatic heterocycles. The minimum Gasteiger partial charge on any atom is -0.349 e. The molecule has 1 aromatic rings. The van der Waals surface area contributed by atoms with Crippen molar-refractivity contribution in [3.8, 4) is 6.07 Å². The standard InChI is InChI=1S/C16H20N2O/c1-16(2)10-4-3-5-14(16)18-15(19)13-8-6-12(11-17)7-9-13/h6-9,14H,3-5,10H2,1-2H3,(H,18,19). The van der Waals surface area contributed by atoms with Gasteiger partial charge in [0.25, 0.3) is 5.91 Å². The third kappa shape index (κ3) is 3.14. The molecule has 1 N–H and O–H groups in total. The second-order valence-electron chi connectivity index (χ2n) is 5.95. The highest BCUT2D eigenvalue weighted by Gasteiger charge is 2.33. The van der Waals surface area contributed by atoms with Crippen molar-refractivity contribution in [2.75, 3.05) is 0 Å². The van der Waals surface area contributed by atoms with Crippen molar-refractivity contribution in [2.45, 2.75) is 45.6 Å². The first-order valence-electron chi connectivity index (χ1n) is 6.84. The van der Waals surface area contributed by atoms with Crippen LogP contribution in [0.5, 0.6) is 0 Å². The van der Waals surface area contributed by atoms with E-state index in [9.17, 15) is 4.79 Å². The number of nitrogens with one attached hydrogen (secondary N) is 1. The van der Waals surface area contributed by atoms with Gasteiger partial charge in [-0.25, -0.2) is 0 Å². The smallest absolute Gasteiger partial charge is 0.251 e. The molecular formula is C16H20N2O. The summed E-state index contributed by atoms with van der Waals surface area (Å²) in [6.07, 6.45) is 4.64. The zero-order valence-electron chi connectivity index (χ0n) is 11.6. The van der Waals surface area contributed by atoms with Crippen molar-refractivity contribution in [3.05, 3.63) is 35.4 Å². The molecule has 0 aliphatic heterocycles. The second-order valence-corrected chi connectivity index (χ2v) is 5.95. The Labute approximate surface area is 114 Å². The number of amides is 1. The summed E-state index contributed by atoms with van der Waals surface area (Å²) in [5, 5.41) is 11.9. The number of benzene rings is 1. The molecule has 0 spiro atoms. The number of hydrogen-bond donors (Lipinski definition) is 1. The predicted octanol–water partition coefficient (Wildman–Crippen LogP) is 3.26. The summed E-state index contributed by atoms with van der Waals surface area (Å²) >= 11 is 0. The van der Waals surface area contributed by atoms with Gasteiger partial charge in [-0.2, -0.15) is 5.26 Å². The van der Waals surface area contributed by atoms with Gasteiger partial charge in [0.1, 0.15) is 0 Å². The SMILES string of the molecule is CC1(C)CCCCC1NC(=O)c1ccc(C#N)cc1. The molecule has 19 heavy (non-hydrogen) atoms. The molecular weight excluding hydrogens is 236 g/mol. The quantitative estimate of drug-likeness (QED) is 0.883. The van der Waals surface area contributed by atoms with Crippen molar-refractivity contribution >= 4 is 5.91 Å². The molecule has 1 aliphatic carbocycles. The summed E-state index contributed by atoms with van der Waals surface area (Å²) in [4.78, 5) is 12.2. The zero-order chi connectivity index (χ0) is 13.9. The largest absolute Gasteiger partial charge is 0.349 e. The molecule has 100 valence electrons. The van der Waals surface area contributed by atoms with Crippen LogP contribution in [0.3, 0.4) is 0 Å². The van der Waals surface area contributed by atoms with Crippen molar-refractivity contribution in [2.24, 2.45) is 5.41 Å². The number of rotatable bonds is 2. The molecule has 3 heteroatoms. The number of nitrogens with zero attached hydrogens (tertiary/aromatic N) is 1. The van der Waals surface area contributed by atoms with Gasteiger partial charge in [-0.05, 0) is 42.5 Å². The van der Waals surface area contributed by atoms with Crippen molar-refractivity contribution in [1.82, 2.24) is 5.32 Å². The van der Waals surface area contributed by atoms with Crippen LogP contribution in [0.15, 0.2) is 24.3 Å². The number of nitriles is 1. The monoisotopic (exact) mass is 256 g/mol. The lowest BCUT2D eigenvalue weighted by atomic mass is 9.73. The van der Waals surface area contributed by atoms with Gasteiger partial charge in [-0.3, -0.25) is 4.79 Å². The first-order chi connectivity index (χ1) is 9.03. The number of hydrogen-bond acceptors (Lipinski definition) is 2. The van der Waals surface area contributed by atoms with Crippen LogP contribution in [0.1, 0.15) is 55.5 Å². The van der Waals surface area contributed by atoms with Crippen LogP contribution in [0, 0.1) is 16.7 Å². The van der Waals surface area contributed by atoms with E-state index in [0.717, 1.165) is 12.8 Å². The van der Waals surface area contributed by atoms with E-state index in [1.54, 1.807) is 24.3 Å². The van der Waals surface area contributed by atoms with Gasteiger partial charge in [0.15, 0.2) is 0 Å². The zero-order valence-corrected chi connectivity index (χ0v) is 11.6. The molecule has 2 rings (SSSR count). The van der Waals surface area contributed by atoms with Crippen molar-refractivity contribution in [1.29, 1.82) is 5.26 Å². The Morgan fingerprint density at radius 3 is 2.58 bits per heavy atom. The highest BCUT2D eigenvalue weighted by molar-refractivity contribution is 5.94. The van der Waals surface area contributed by atoms with Crippen LogP contribution in [-0.2, 0) is 0 Å². The summed E-state index contributed by atoms with van der Waals surface area (Å²) in [6.45, 7) is 4.44. The van der Waals surface area contributed by atoms with Gasteiger partial charge < -0.3 is 5.32 Å². The second kappa shape index (κ2) is 5.44. The lowest BCUT2D eigenvalue weighted by molar-refractivity contribution is 0.0853. The highest BCUT2D eigenvalue weighted by Crippen LogP contribution is 2.35. The Bertz CT molecular complexity index is 496. The van der Waals surface area contributed by atoms with E-state index in [-0.39, 0.29) is 17.4 Å². The average Bonchev–Trinajstić information content (AvgIpc) is 2.41. The van der Waals surface area contributed by atoms with Crippen LogP contribution in [0.25, 0.3) is 0 Å². The maximum absolute atomic E-state index is 12.2. The van der Waals surface area contributed by atoms with E-state index < -0.39 is 0 Å². The van der Waals surface area contributed by atoms with E-state index in [4.69, 9.17) is 5.26 Å². The van der Waals surface area contributed by atoms with Crippen molar-refractivity contribution < 1.29 is 4.79 Å². The van der Waals surface area contributed by atoms with E-state index in [1.807, 2.05) is 0 Å². The van der Waals surface area contributed by atoms with E-state index in [0.29, 0.717) is 11.1 Å². The maximum atomic E-state index is 12.2. The Hall–Kier alpha value is -1.82. The third-order valence-corrected chi connectivity index (χ3v) is 4.09. The number of carbonyl (C=O) groups is 1. The Morgan fingerprint density at radius 2 is 2.00 bits per heavy atom. The fourth-order valence-electron chi connectivity index (χ4n) is 2.70. The first kappa shape index (κ1) is 13.6. The topological polar surface area (TPSA) is 52.9 Å². The minimum absolute atomic E-state index is 0.0375. The Morgan fingerprint density at radius 1 is 1.32 bits per heavy atom. The number of carbonyl (C=O) groups excluding carboxylic acids is 1. The van der Waals surface area contributed by atoms with Gasteiger partial charge in [0.05, 0.1) is 11.6 Å². The summed E-state index contributed by atoms with van der Waals surface area (Å²) in [7, 11) is 0. The van der Waals surface area contributed by atoms with Gasteiger partial charge in [-0.1, -0.05) is 26.7 Å². The fraction of sp³-hybridized carbons (Fsp3) is 0.500. The van der Waals surface area contributed by atoms with Crippen LogP contribution in [0.2, 0.25) is 0 Å². The molecule has 1 aliphatic rings. The summed E-state index contributed by atoms with van der Waals surface area (Å²) < 4.78 is 0. The molecule has 0 radical (unpaired) electrons. The Kier molecular flexibility index (Phi) is 3.90. The van der Waals surface area contributed by atoms with Gasteiger partial charge in [0.2, 0.25) is 0 Å². The highest BCUT2D eigenvalue weighted by atomic mass is 16.1. The van der Waals surface area contributed by atoms with Gasteiger partial charge >= 0.3 is 0 Å². The van der Waals surface area contributed by atoms with Crippen molar-refractivity contribution in [3.63, 3.8) is 0 Å². The molecule has 1 fully saturated rings. The van der Waals surface area contributed by atoms with Crippen LogP contribution >= 0.6 is 0 Å². The molecule has 1 aromatic carbocycles. The molecule has 1 amide bonds. The lowest BCUT2D eigenvalue weighted by Gasteiger charge is -2.39. The lowest BCUT2D eigenvalue weighted by Crippen LogP contribution is -2.46. The molecule has 0 heterocycles. The Balaban J connectivity index is 2.06. The predicted molar refractivity (Wildman–Crippen MR) is 74.7 cm³/mol. The van der Waals surface area contributed by atoms with Crippen LogP contribution in [0.4, 0.5) is 0 Å². The average molecular weight is 256 g/mol. The molecule has 1 atom stereocenters. The molecule has 1 unspecified atom stereocenters.